The van der Waals surface area contributed by atoms with Crippen LogP contribution in [0.2, 0.25) is 0 Å². The fourth-order valence-electron chi connectivity index (χ4n) is 4.74. The number of methoxy groups -OCH3 is 1. The number of primary amides is 1. The second kappa shape index (κ2) is 11.2. The Kier molecular flexibility index (Phi) is 8.40. The first kappa shape index (κ1) is 23.2. The molecule has 3 rings (SSSR count). The number of ether oxygens (including phenoxy) is 1. The summed E-state index contributed by atoms with van der Waals surface area (Å²) in [6.45, 7) is 6.17. The first-order valence-electron chi connectivity index (χ1n) is 11.4. The van der Waals surface area contributed by atoms with E-state index < -0.39 is 0 Å². The third-order valence-corrected chi connectivity index (χ3v) is 6.44. The van der Waals surface area contributed by atoms with Gasteiger partial charge in [0.25, 0.3) is 0 Å². The molecule has 1 aromatic rings. The first-order valence-corrected chi connectivity index (χ1v) is 11.4. The number of nitrogens with one attached hydrogen (secondary N) is 2. The fraction of sp³-hybridized carbons (Fsp3) is 0.652. The number of piperidine rings is 2. The molecule has 0 aromatic heterocycles. The highest BCUT2D eigenvalue weighted by Gasteiger charge is 2.30. The topological polar surface area (TPSA) is 95.2 Å². The molecule has 0 radical (unpaired) electrons. The lowest BCUT2D eigenvalue weighted by Crippen LogP contribution is -2.51. The van der Waals surface area contributed by atoms with Gasteiger partial charge in [-0.3, -0.25) is 9.89 Å². The number of rotatable bonds is 6. The van der Waals surface area contributed by atoms with E-state index in [0.29, 0.717) is 31.1 Å². The van der Waals surface area contributed by atoms with Crippen molar-refractivity contribution in [1.29, 1.82) is 0 Å². The third-order valence-electron chi connectivity index (χ3n) is 6.44. The zero-order chi connectivity index (χ0) is 22.2. The van der Waals surface area contributed by atoms with Gasteiger partial charge in [-0.25, -0.2) is 4.79 Å². The summed E-state index contributed by atoms with van der Waals surface area (Å²) in [7, 11) is 3.91. The summed E-state index contributed by atoms with van der Waals surface area (Å²) < 4.78 is 5.33. The van der Waals surface area contributed by atoms with Gasteiger partial charge in [-0.15, -0.1) is 0 Å². The van der Waals surface area contributed by atoms with E-state index in [-0.39, 0.29) is 6.03 Å². The minimum atomic E-state index is -0.329. The van der Waals surface area contributed by atoms with Crippen LogP contribution < -0.4 is 21.1 Å². The Balaban J connectivity index is 1.65. The van der Waals surface area contributed by atoms with Crippen molar-refractivity contribution in [3.05, 3.63) is 29.8 Å². The smallest absolute Gasteiger partial charge is 0.314 e. The summed E-state index contributed by atoms with van der Waals surface area (Å²) >= 11 is 0. The summed E-state index contributed by atoms with van der Waals surface area (Å²) in [6, 6.07) is 8.77. The Hall–Kier alpha value is -2.48. The van der Waals surface area contributed by atoms with Crippen LogP contribution in [0.3, 0.4) is 0 Å². The SMILES string of the molecule is CCNC(=NCC1CCCN(C)C1c1ccc(OC)cc1)NC1CCN(C(N)=O)CC1. The van der Waals surface area contributed by atoms with Gasteiger partial charge in [0.15, 0.2) is 5.96 Å². The number of urea groups is 1. The number of aliphatic imine (C=N–C) groups is 1. The number of carbonyl (C=O) groups is 1. The van der Waals surface area contributed by atoms with Crippen molar-refractivity contribution in [2.24, 2.45) is 16.6 Å². The second-order valence-electron chi connectivity index (χ2n) is 8.56. The molecule has 2 heterocycles. The van der Waals surface area contributed by atoms with Crippen LogP contribution in [0.25, 0.3) is 0 Å². The number of guanidine groups is 1. The van der Waals surface area contributed by atoms with Crippen LogP contribution in [0.5, 0.6) is 5.75 Å². The molecule has 1 aromatic carbocycles. The van der Waals surface area contributed by atoms with Gasteiger partial charge in [0.05, 0.1) is 7.11 Å². The number of amides is 2. The molecule has 2 amide bonds. The summed E-state index contributed by atoms with van der Waals surface area (Å²) in [6.07, 6.45) is 4.13. The van der Waals surface area contributed by atoms with Crippen molar-refractivity contribution >= 4 is 12.0 Å². The maximum absolute atomic E-state index is 11.4. The highest BCUT2D eigenvalue weighted by Crippen LogP contribution is 2.35. The van der Waals surface area contributed by atoms with Crippen molar-refractivity contribution in [2.45, 2.75) is 44.7 Å². The zero-order valence-corrected chi connectivity index (χ0v) is 19.1. The summed E-state index contributed by atoms with van der Waals surface area (Å²) in [5.41, 5.74) is 6.72. The number of carbonyl (C=O) groups excluding carboxylic acids is 1. The van der Waals surface area contributed by atoms with Crippen LogP contribution in [0.15, 0.2) is 29.3 Å². The molecule has 2 unspecified atom stereocenters. The van der Waals surface area contributed by atoms with Crippen LogP contribution in [-0.4, -0.2) is 74.7 Å². The molecule has 0 aliphatic carbocycles. The molecule has 2 aliphatic rings. The van der Waals surface area contributed by atoms with Gasteiger partial charge in [0.1, 0.15) is 5.75 Å². The number of likely N-dealkylation sites (tertiary alicyclic amines) is 2. The van der Waals surface area contributed by atoms with Crippen molar-refractivity contribution in [2.75, 3.05) is 46.9 Å². The number of nitrogens with two attached hydrogens (primary N) is 1. The van der Waals surface area contributed by atoms with Gasteiger partial charge in [-0.2, -0.15) is 0 Å². The number of benzene rings is 1. The highest BCUT2D eigenvalue weighted by atomic mass is 16.5. The molecule has 2 atom stereocenters. The number of hydrogen-bond donors (Lipinski definition) is 3. The van der Waals surface area contributed by atoms with E-state index in [1.165, 1.54) is 18.4 Å². The van der Waals surface area contributed by atoms with E-state index in [4.69, 9.17) is 15.5 Å². The molecule has 8 nitrogen and oxygen atoms in total. The van der Waals surface area contributed by atoms with Crippen LogP contribution in [-0.2, 0) is 0 Å². The largest absolute Gasteiger partial charge is 0.497 e. The standard InChI is InChI=1S/C23H38N6O2/c1-4-25-23(27-19-11-14-29(15-12-19)22(24)30)26-16-18-6-5-13-28(2)21(18)17-7-9-20(31-3)10-8-17/h7-10,18-19,21H,4-6,11-16H2,1-3H3,(H2,24,30)(H2,25,26,27). The van der Waals surface area contributed by atoms with E-state index in [1.807, 2.05) is 12.1 Å². The Labute approximate surface area is 186 Å². The summed E-state index contributed by atoms with van der Waals surface area (Å²) in [5.74, 6) is 2.21. The summed E-state index contributed by atoms with van der Waals surface area (Å²) in [5, 5.41) is 6.95. The average molecular weight is 431 g/mol. The van der Waals surface area contributed by atoms with E-state index in [0.717, 1.165) is 44.2 Å². The predicted molar refractivity (Wildman–Crippen MR) is 124 cm³/mol. The quantitative estimate of drug-likeness (QED) is 0.475. The molecule has 0 bridgehead atoms. The zero-order valence-electron chi connectivity index (χ0n) is 19.1. The molecular formula is C23H38N6O2. The molecule has 31 heavy (non-hydrogen) atoms. The lowest BCUT2D eigenvalue weighted by atomic mass is 9.85. The Morgan fingerprint density at radius 1 is 1.19 bits per heavy atom. The van der Waals surface area contributed by atoms with E-state index >= 15 is 0 Å². The maximum Gasteiger partial charge on any atom is 0.314 e. The average Bonchev–Trinajstić information content (AvgIpc) is 2.78. The van der Waals surface area contributed by atoms with Crippen LogP contribution in [0.4, 0.5) is 4.79 Å². The molecule has 8 heteroatoms. The first-order chi connectivity index (χ1) is 15.0. The molecule has 2 saturated heterocycles. The lowest BCUT2D eigenvalue weighted by molar-refractivity contribution is 0.125. The number of hydrogen-bond acceptors (Lipinski definition) is 4. The van der Waals surface area contributed by atoms with Gasteiger partial charge in [-0.1, -0.05) is 12.1 Å². The maximum atomic E-state index is 11.4. The second-order valence-corrected chi connectivity index (χ2v) is 8.56. The molecule has 4 N–H and O–H groups in total. The number of nitrogens with zero attached hydrogens (tertiary/aromatic N) is 3. The molecular weight excluding hydrogens is 392 g/mol. The molecule has 2 aliphatic heterocycles. The minimum absolute atomic E-state index is 0.305. The lowest BCUT2D eigenvalue weighted by Gasteiger charge is -2.39. The van der Waals surface area contributed by atoms with Crippen molar-refractivity contribution < 1.29 is 9.53 Å². The van der Waals surface area contributed by atoms with Gasteiger partial charge < -0.3 is 26.0 Å². The third kappa shape index (κ3) is 6.26. The van der Waals surface area contributed by atoms with E-state index in [9.17, 15) is 4.79 Å². The molecule has 0 saturated carbocycles. The van der Waals surface area contributed by atoms with Crippen LogP contribution in [0, 0.1) is 5.92 Å². The van der Waals surface area contributed by atoms with E-state index in [2.05, 4.69) is 41.6 Å². The van der Waals surface area contributed by atoms with Crippen molar-refractivity contribution in [3.63, 3.8) is 0 Å². The molecule has 0 spiro atoms. The van der Waals surface area contributed by atoms with E-state index in [1.54, 1.807) is 12.0 Å². The molecule has 172 valence electrons. The van der Waals surface area contributed by atoms with Gasteiger partial charge in [0, 0.05) is 38.3 Å². The predicted octanol–water partition coefficient (Wildman–Crippen LogP) is 2.18. The molecule has 2 fully saturated rings. The highest BCUT2D eigenvalue weighted by molar-refractivity contribution is 5.80. The van der Waals surface area contributed by atoms with Gasteiger partial charge >= 0.3 is 6.03 Å². The van der Waals surface area contributed by atoms with Crippen molar-refractivity contribution in [3.8, 4) is 5.75 Å². The van der Waals surface area contributed by atoms with Crippen LogP contribution in [0.1, 0.15) is 44.2 Å². The Bertz CT molecular complexity index is 730. The normalized spacial score (nSPS) is 23.5. The summed E-state index contributed by atoms with van der Waals surface area (Å²) in [4.78, 5) is 20.5. The minimum Gasteiger partial charge on any atom is -0.497 e. The van der Waals surface area contributed by atoms with Gasteiger partial charge in [0.2, 0.25) is 0 Å². The van der Waals surface area contributed by atoms with Crippen LogP contribution >= 0.6 is 0 Å². The van der Waals surface area contributed by atoms with Gasteiger partial charge in [-0.05, 0) is 69.8 Å². The van der Waals surface area contributed by atoms with Crippen molar-refractivity contribution in [1.82, 2.24) is 20.4 Å². The monoisotopic (exact) mass is 430 g/mol. The Morgan fingerprint density at radius 3 is 2.52 bits per heavy atom. The fourth-order valence-corrected chi connectivity index (χ4v) is 4.74. The Morgan fingerprint density at radius 2 is 1.90 bits per heavy atom.